The van der Waals surface area contributed by atoms with Gasteiger partial charge in [-0.25, -0.2) is 4.98 Å². The van der Waals surface area contributed by atoms with E-state index in [9.17, 15) is 13.2 Å². The van der Waals surface area contributed by atoms with E-state index in [0.29, 0.717) is 18.7 Å². The van der Waals surface area contributed by atoms with E-state index >= 15 is 0 Å². The van der Waals surface area contributed by atoms with Crippen molar-refractivity contribution in [2.45, 2.75) is 38.0 Å². The summed E-state index contributed by atoms with van der Waals surface area (Å²) in [5.41, 5.74) is 1.36. The lowest BCUT2D eigenvalue weighted by molar-refractivity contribution is -0.147. The highest BCUT2D eigenvalue weighted by atomic mass is 19.4. The first kappa shape index (κ1) is 10.1. The lowest BCUT2D eigenvalue weighted by Gasteiger charge is -2.16. The van der Waals surface area contributed by atoms with E-state index in [1.807, 2.05) is 0 Å². The molecule has 1 aliphatic carbocycles. The zero-order chi connectivity index (χ0) is 11.3. The van der Waals surface area contributed by atoms with Crippen molar-refractivity contribution < 1.29 is 13.2 Å². The van der Waals surface area contributed by atoms with Crippen molar-refractivity contribution in [2.24, 2.45) is 0 Å². The van der Waals surface area contributed by atoms with Gasteiger partial charge in [-0.2, -0.15) is 13.2 Å². The first-order chi connectivity index (χ1) is 7.57. The van der Waals surface area contributed by atoms with Crippen molar-refractivity contribution in [1.29, 1.82) is 0 Å². The summed E-state index contributed by atoms with van der Waals surface area (Å²) < 4.78 is 39.9. The lowest BCUT2D eigenvalue weighted by Crippen LogP contribution is -2.25. The molecule has 0 unspecified atom stereocenters. The van der Waals surface area contributed by atoms with Crippen molar-refractivity contribution in [2.75, 3.05) is 6.54 Å². The molecule has 2 heterocycles. The molecule has 1 aromatic heterocycles. The van der Waals surface area contributed by atoms with Crippen LogP contribution in [-0.2, 0) is 19.1 Å². The number of nitrogens with one attached hydrogen (secondary N) is 1. The molecule has 1 saturated carbocycles. The smallest absolute Gasteiger partial charge is 0.321 e. The molecule has 0 bridgehead atoms. The van der Waals surface area contributed by atoms with Gasteiger partial charge in [0.15, 0.2) is 0 Å². The Morgan fingerprint density at radius 1 is 1.31 bits per heavy atom. The summed E-state index contributed by atoms with van der Waals surface area (Å²) in [6, 6.07) is 0.0333. The first-order valence-corrected chi connectivity index (χ1v) is 5.45. The van der Waals surface area contributed by atoms with Crippen LogP contribution in [0.5, 0.6) is 0 Å². The minimum Gasteiger partial charge on any atom is -0.321 e. The van der Waals surface area contributed by atoms with Crippen molar-refractivity contribution in [3.8, 4) is 0 Å². The highest BCUT2D eigenvalue weighted by Crippen LogP contribution is 2.42. The number of nitrogens with zero attached hydrogens (tertiary/aromatic N) is 2. The van der Waals surface area contributed by atoms with Gasteiger partial charge < -0.3 is 9.88 Å². The van der Waals surface area contributed by atoms with E-state index in [1.165, 1.54) is 4.57 Å². The van der Waals surface area contributed by atoms with Gasteiger partial charge in [-0.3, -0.25) is 0 Å². The van der Waals surface area contributed by atoms with E-state index in [1.54, 1.807) is 0 Å². The van der Waals surface area contributed by atoms with Crippen molar-refractivity contribution in [1.82, 2.24) is 14.9 Å². The Morgan fingerprint density at radius 2 is 2.06 bits per heavy atom. The maximum Gasteiger partial charge on any atom is 0.449 e. The number of hydrogen-bond donors (Lipinski definition) is 1. The Balaban J connectivity index is 2.13. The second-order valence-electron chi connectivity index (χ2n) is 4.35. The Bertz CT molecular complexity index is 418. The van der Waals surface area contributed by atoms with Crippen LogP contribution < -0.4 is 5.32 Å². The van der Waals surface area contributed by atoms with Gasteiger partial charge in [-0.05, 0) is 12.8 Å². The molecule has 6 heteroatoms. The second-order valence-corrected chi connectivity index (χ2v) is 4.35. The largest absolute Gasteiger partial charge is 0.449 e. The SMILES string of the molecule is FC(F)(F)c1nc2c(n1C1CC1)CCNC2. The summed E-state index contributed by atoms with van der Waals surface area (Å²) in [6.45, 7) is 1.20. The normalized spacial score (nSPS) is 20.9. The molecular weight excluding hydrogens is 219 g/mol. The average molecular weight is 231 g/mol. The van der Waals surface area contributed by atoms with Crippen LogP contribution in [-0.4, -0.2) is 16.1 Å². The molecule has 0 amide bonds. The van der Waals surface area contributed by atoms with Crippen LogP contribution in [0.25, 0.3) is 0 Å². The molecule has 1 aromatic rings. The van der Waals surface area contributed by atoms with Crippen molar-refractivity contribution >= 4 is 0 Å². The number of aromatic nitrogens is 2. The van der Waals surface area contributed by atoms with Crippen molar-refractivity contribution in [3.05, 3.63) is 17.2 Å². The van der Waals surface area contributed by atoms with Crippen LogP contribution in [0.15, 0.2) is 0 Å². The second kappa shape index (κ2) is 3.23. The molecule has 0 saturated heterocycles. The molecule has 3 nitrogen and oxygen atoms in total. The van der Waals surface area contributed by atoms with Crippen LogP contribution in [0.3, 0.4) is 0 Å². The predicted molar refractivity (Wildman–Crippen MR) is 50.9 cm³/mol. The van der Waals surface area contributed by atoms with Gasteiger partial charge in [0, 0.05) is 31.2 Å². The highest BCUT2D eigenvalue weighted by molar-refractivity contribution is 5.23. The minimum absolute atomic E-state index is 0.0333. The number of halogens is 3. The maximum absolute atomic E-state index is 12.8. The highest BCUT2D eigenvalue weighted by Gasteiger charge is 2.42. The van der Waals surface area contributed by atoms with Crippen molar-refractivity contribution in [3.63, 3.8) is 0 Å². The molecule has 1 aliphatic heterocycles. The van der Waals surface area contributed by atoms with Crippen LogP contribution in [0, 0.1) is 0 Å². The third-order valence-corrected chi connectivity index (χ3v) is 3.09. The molecule has 2 aliphatic rings. The third-order valence-electron chi connectivity index (χ3n) is 3.09. The number of alkyl halides is 3. The molecule has 1 fully saturated rings. The third kappa shape index (κ3) is 1.52. The van der Waals surface area contributed by atoms with Gasteiger partial charge in [0.1, 0.15) is 0 Å². The number of fused-ring (bicyclic) bond motifs is 1. The molecular formula is C10H12F3N3. The zero-order valence-electron chi connectivity index (χ0n) is 8.64. The molecule has 3 rings (SSSR count). The summed E-state index contributed by atoms with van der Waals surface area (Å²) in [6.07, 6.45) is -1.99. The Morgan fingerprint density at radius 3 is 2.69 bits per heavy atom. The van der Waals surface area contributed by atoms with E-state index in [4.69, 9.17) is 0 Å². The average Bonchev–Trinajstić information content (AvgIpc) is 2.96. The number of imidazole rings is 1. The first-order valence-electron chi connectivity index (χ1n) is 5.45. The summed E-state index contributed by atoms with van der Waals surface area (Å²) in [7, 11) is 0. The molecule has 16 heavy (non-hydrogen) atoms. The lowest BCUT2D eigenvalue weighted by atomic mass is 10.2. The number of hydrogen-bond acceptors (Lipinski definition) is 2. The van der Waals surface area contributed by atoms with E-state index < -0.39 is 12.0 Å². The summed E-state index contributed by atoms with van der Waals surface area (Å²) in [5, 5.41) is 3.05. The quantitative estimate of drug-likeness (QED) is 0.799. The Kier molecular flexibility index (Phi) is 2.04. The van der Waals surface area contributed by atoms with Gasteiger partial charge in [0.25, 0.3) is 0 Å². The summed E-state index contributed by atoms with van der Waals surface area (Å²) in [5.74, 6) is -0.705. The van der Waals surface area contributed by atoms with E-state index in [-0.39, 0.29) is 6.04 Å². The van der Waals surface area contributed by atoms with E-state index in [0.717, 1.165) is 25.1 Å². The fourth-order valence-electron chi connectivity index (χ4n) is 2.26. The Hall–Kier alpha value is -1.04. The standard InChI is InChI=1S/C10H12F3N3/c11-10(12,13)9-15-7-5-14-4-3-8(7)16(9)6-1-2-6/h6,14H,1-5H2. The molecule has 0 spiro atoms. The van der Waals surface area contributed by atoms with Gasteiger partial charge in [0.05, 0.1) is 5.69 Å². The van der Waals surface area contributed by atoms with Crippen LogP contribution in [0.2, 0.25) is 0 Å². The van der Waals surface area contributed by atoms with Gasteiger partial charge >= 0.3 is 6.18 Å². The zero-order valence-corrected chi connectivity index (χ0v) is 8.64. The van der Waals surface area contributed by atoms with E-state index in [2.05, 4.69) is 10.3 Å². The topological polar surface area (TPSA) is 29.9 Å². The molecule has 0 aromatic carbocycles. The molecule has 1 N–H and O–H groups in total. The molecule has 88 valence electrons. The fourth-order valence-corrected chi connectivity index (χ4v) is 2.26. The molecule has 0 radical (unpaired) electrons. The van der Waals surface area contributed by atoms with Gasteiger partial charge in [-0.1, -0.05) is 0 Å². The van der Waals surface area contributed by atoms with Crippen LogP contribution in [0.1, 0.15) is 36.1 Å². The summed E-state index contributed by atoms with van der Waals surface area (Å²) >= 11 is 0. The number of rotatable bonds is 1. The van der Waals surface area contributed by atoms with Gasteiger partial charge in [-0.15, -0.1) is 0 Å². The van der Waals surface area contributed by atoms with Gasteiger partial charge in [0.2, 0.25) is 5.82 Å². The fraction of sp³-hybridized carbons (Fsp3) is 0.700. The monoisotopic (exact) mass is 231 g/mol. The Labute approximate surface area is 90.7 Å². The maximum atomic E-state index is 12.8. The van der Waals surface area contributed by atoms with Crippen LogP contribution >= 0.6 is 0 Å². The summed E-state index contributed by atoms with van der Waals surface area (Å²) in [4.78, 5) is 3.76. The minimum atomic E-state index is -4.33. The van der Waals surface area contributed by atoms with Crippen LogP contribution in [0.4, 0.5) is 13.2 Å². The molecule has 0 atom stereocenters. The predicted octanol–water partition coefficient (Wildman–Crippen LogP) is 1.88.